The highest BCUT2D eigenvalue weighted by atomic mass is 35.5. The molecule has 2 fully saturated rings. The smallest absolute Gasteiger partial charge is 0.224 e. The van der Waals surface area contributed by atoms with Gasteiger partial charge in [0.05, 0.1) is 36.0 Å². The van der Waals surface area contributed by atoms with Crippen LogP contribution in [0.1, 0.15) is 23.9 Å². The highest BCUT2D eigenvalue weighted by Gasteiger charge is 2.30. The zero-order valence-electron chi connectivity index (χ0n) is 22.4. The third-order valence-electron chi connectivity index (χ3n) is 8.02. The second-order valence-corrected chi connectivity index (χ2v) is 11.1. The van der Waals surface area contributed by atoms with Gasteiger partial charge in [0, 0.05) is 56.9 Å². The second kappa shape index (κ2) is 10.3. The SMILES string of the molecule is Cc1nnc2ccc3c(cc(-c4ccn(C5CN(CCC(=O)N6CCOCC6)C5)n4)n3Cc3cccc(Cl)c3)n12. The molecule has 2 saturated heterocycles. The molecule has 40 heavy (non-hydrogen) atoms. The molecule has 0 N–H and O–H groups in total. The molecule has 2 aliphatic rings. The molecule has 0 bridgehead atoms. The number of carbonyl (C=O) groups excluding carboxylic acids is 1. The van der Waals surface area contributed by atoms with Crippen molar-refractivity contribution in [2.24, 2.45) is 0 Å². The first-order valence-electron chi connectivity index (χ1n) is 13.8. The minimum Gasteiger partial charge on any atom is -0.378 e. The van der Waals surface area contributed by atoms with Gasteiger partial charge in [-0.05, 0) is 48.9 Å². The summed E-state index contributed by atoms with van der Waals surface area (Å²) >= 11 is 6.32. The fraction of sp³-hybridized carbons (Fsp3) is 0.379. The quantitative estimate of drug-likeness (QED) is 0.303. The largest absolute Gasteiger partial charge is 0.378 e. The van der Waals surface area contributed by atoms with Gasteiger partial charge in [0.25, 0.3) is 0 Å². The van der Waals surface area contributed by atoms with Crippen molar-refractivity contribution < 1.29 is 9.53 Å². The van der Waals surface area contributed by atoms with Gasteiger partial charge in [0.2, 0.25) is 5.91 Å². The number of morpholine rings is 1. The van der Waals surface area contributed by atoms with Crippen LogP contribution in [-0.4, -0.2) is 90.6 Å². The van der Waals surface area contributed by atoms with Gasteiger partial charge in [0.1, 0.15) is 11.5 Å². The highest BCUT2D eigenvalue weighted by Crippen LogP contribution is 2.31. The van der Waals surface area contributed by atoms with Crippen LogP contribution in [0.15, 0.2) is 54.7 Å². The van der Waals surface area contributed by atoms with Gasteiger partial charge in [-0.25, -0.2) is 0 Å². The lowest BCUT2D eigenvalue weighted by Gasteiger charge is -2.39. The normalized spacial score (nSPS) is 16.7. The topological polar surface area (TPSA) is 85.7 Å². The Kier molecular flexibility index (Phi) is 6.53. The zero-order chi connectivity index (χ0) is 27.2. The molecule has 6 heterocycles. The summed E-state index contributed by atoms with van der Waals surface area (Å²) in [5.41, 5.74) is 6.02. The van der Waals surface area contributed by atoms with E-state index in [2.05, 4.69) is 59.2 Å². The molecule has 7 rings (SSSR count). The maximum absolute atomic E-state index is 12.5. The number of ether oxygens (including phenoxy) is 1. The van der Waals surface area contributed by atoms with Crippen molar-refractivity contribution >= 4 is 34.2 Å². The van der Waals surface area contributed by atoms with Crippen LogP contribution in [0.5, 0.6) is 0 Å². The van der Waals surface area contributed by atoms with Crippen molar-refractivity contribution in [1.29, 1.82) is 0 Å². The Bertz CT molecular complexity index is 1690. The number of aryl methyl sites for hydroxylation is 1. The molecule has 0 aliphatic carbocycles. The van der Waals surface area contributed by atoms with Crippen LogP contribution in [0.4, 0.5) is 0 Å². The molecular weight excluding hydrogens is 528 g/mol. The van der Waals surface area contributed by atoms with Crippen LogP contribution < -0.4 is 0 Å². The van der Waals surface area contributed by atoms with Gasteiger partial charge < -0.3 is 14.2 Å². The summed E-state index contributed by atoms with van der Waals surface area (Å²) in [4.78, 5) is 16.7. The monoisotopic (exact) mass is 558 g/mol. The number of rotatable bonds is 7. The van der Waals surface area contributed by atoms with Crippen LogP contribution in [0.2, 0.25) is 5.02 Å². The Morgan fingerprint density at radius 3 is 2.73 bits per heavy atom. The van der Waals surface area contributed by atoms with Gasteiger partial charge >= 0.3 is 0 Å². The van der Waals surface area contributed by atoms with Crippen LogP contribution >= 0.6 is 11.6 Å². The average Bonchev–Trinajstić information content (AvgIpc) is 3.66. The Morgan fingerprint density at radius 2 is 1.90 bits per heavy atom. The molecule has 5 aromatic rings. The van der Waals surface area contributed by atoms with Crippen molar-refractivity contribution in [2.75, 3.05) is 45.9 Å². The average molecular weight is 559 g/mol. The summed E-state index contributed by atoms with van der Waals surface area (Å²) in [7, 11) is 0. The van der Waals surface area contributed by atoms with Crippen molar-refractivity contribution in [2.45, 2.75) is 25.9 Å². The van der Waals surface area contributed by atoms with E-state index in [-0.39, 0.29) is 5.91 Å². The minimum atomic E-state index is 0.220. The van der Waals surface area contributed by atoms with Crippen LogP contribution in [0.25, 0.3) is 28.1 Å². The molecule has 0 spiro atoms. The van der Waals surface area contributed by atoms with E-state index in [1.807, 2.05) is 36.1 Å². The molecule has 1 amide bonds. The molecule has 206 valence electrons. The Balaban J connectivity index is 1.12. The predicted molar refractivity (Wildman–Crippen MR) is 152 cm³/mol. The zero-order valence-corrected chi connectivity index (χ0v) is 23.2. The van der Waals surface area contributed by atoms with E-state index in [1.165, 1.54) is 0 Å². The van der Waals surface area contributed by atoms with Crippen molar-refractivity contribution in [3.05, 3.63) is 71.1 Å². The lowest BCUT2D eigenvalue weighted by molar-refractivity contribution is -0.135. The Morgan fingerprint density at radius 1 is 1.05 bits per heavy atom. The first kappa shape index (κ1) is 25.3. The molecule has 0 atom stereocenters. The fourth-order valence-electron chi connectivity index (χ4n) is 5.84. The number of fused-ring (bicyclic) bond motifs is 3. The number of halogens is 1. The summed E-state index contributed by atoms with van der Waals surface area (Å²) in [6, 6.07) is 16.6. The molecule has 11 heteroatoms. The number of pyridine rings is 1. The molecule has 4 aromatic heterocycles. The number of amides is 1. The second-order valence-electron chi connectivity index (χ2n) is 10.6. The van der Waals surface area contributed by atoms with Crippen LogP contribution in [0.3, 0.4) is 0 Å². The third-order valence-corrected chi connectivity index (χ3v) is 8.25. The maximum Gasteiger partial charge on any atom is 0.224 e. The molecule has 0 saturated carbocycles. The number of benzene rings is 1. The number of aromatic nitrogens is 6. The molecule has 1 aromatic carbocycles. The summed E-state index contributed by atoms with van der Waals surface area (Å²) < 4.78 is 11.8. The minimum absolute atomic E-state index is 0.220. The number of hydrogen-bond donors (Lipinski definition) is 0. The fourth-order valence-corrected chi connectivity index (χ4v) is 6.05. The van der Waals surface area contributed by atoms with E-state index in [0.717, 1.165) is 64.1 Å². The van der Waals surface area contributed by atoms with Gasteiger partial charge in [0.15, 0.2) is 5.65 Å². The number of carbonyl (C=O) groups is 1. The van der Waals surface area contributed by atoms with Crippen molar-refractivity contribution in [3.63, 3.8) is 0 Å². The van der Waals surface area contributed by atoms with E-state index in [0.29, 0.717) is 45.3 Å². The summed E-state index contributed by atoms with van der Waals surface area (Å²) in [6.07, 6.45) is 2.62. The number of nitrogens with zero attached hydrogens (tertiary/aromatic N) is 8. The Hall–Kier alpha value is -3.73. The molecule has 10 nitrogen and oxygen atoms in total. The first-order valence-corrected chi connectivity index (χ1v) is 14.1. The molecular formula is C29H31ClN8O2. The van der Waals surface area contributed by atoms with Crippen molar-refractivity contribution in [1.82, 2.24) is 38.7 Å². The predicted octanol–water partition coefficient (Wildman–Crippen LogP) is 3.66. The lowest BCUT2D eigenvalue weighted by atomic mass is 10.1. The van der Waals surface area contributed by atoms with Gasteiger partial charge in [-0.1, -0.05) is 23.7 Å². The summed E-state index contributed by atoms with van der Waals surface area (Å²) in [5, 5.41) is 14.3. The van der Waals surface area contributed by atoms with Crippen LogP contribution in [0, 0.1) is 6.92 Å². The summed E-state index contributed by atoms with van der Waals surface area (Å²) in [5.74, 6) is 1.07. The standard InChI is InChI=1S/C29H31ClN8O2/c1-20-31-32-28-6-5-25-27(38(20)28)16-26(36(25)17-21-3-2-4-22(30)15-21)24-7-10-37(33-24)23-18-34(19-23)9-8-29(39)35-11-13-40-14-12-35/h2-7,10,15-16,23H,8-9,11-14,17-19H2,1H3. The first-order chi connectivity index (χ1) is 19.5. The van der Waals surface area contributed by atoms with E-state index in [4.69, 9.17) is 21.4 Å². The molecule has 0 radical (unpaired) electrons. The highest BCUT2D eigenvalue weighted by molar-refractivity contribution is 6.30. The maximum atomic E-state index is 12.5. The van der Waals surface area contributed by atoms with Gasteiger partial charge in [-0.3, -0.25) is 18.8 Å². The van der Waals surface area contributed by atoms with Crippen LogP contribution in [-0.2, 0) is 16.1 Å². The third kappa shape index (κ3) is 4.66. The Labute approximate surface area is 236 Å². The van der Waals surface area contributed by atoms with Gasteiger partial charge in [-0.2, -0.15) is 5.10 Å². The number of hydrogen-bond acceptors (Lipinski definition) is 6. The number of likely N-dealkylation sites (tertiary alicyclic amines) is 1. The molecule has 0 unspecified atom stereocenters. The van der Waals surface area contributed by atoms with E-state index in [9.17, 15) is 4.79 Å². The van der Waals surface area contributed by atoms with Gasteiger partial charge in [-0.15, -0.1) is 10.2 Å². The van der Waals surface area contributed by atoms with E-state index < -0.39 is 0 Å². The molecule has 2 aliphatic heterocycles. The van der Waals surface area contributed by atoms with E-state index in [1.54, 1.807) is 0 Å². The van der Waals surface area contributed by atoms with Crippen molar-refractivity contribution in [3.8, 4) is 11.4 Å². The van der Waals surface area contributed by atoms with E-state index >= 15 is 0 Å². The lowest BCUT2D eigenvalue weighted by Crippen LogP contribution is -2.49. The summed E-state index contributed by atoms with van der Waals surface area (Å²) in [6.45, 7) is 7.88.